The van der Waals surface area contributed by atoms with E-state index in [0.29, 0.717) is 0 Å². The predicted octanol–water partition coefficient (Wildman–Crippen LogP) is 5.06. The molecule has 0 radical (unpaired) electrons. The van der Waals surface area contributed by atoms with Gasteiger partial charge in [0.05, 0.1) is 11.2 Å². The van der Waals surface area contributed by atoms with Crippen LogP contribution in [0.15, 0.2) is 0 Å². The van der Waals surface area contributed by atoms with E-state index in [9.17, 15) is 0 Å². The topological polar surface area (TPSA) is 18.5 Å². The quantitative estimate of drug-likeness (QED) is 0.619. The van der Waals surface area contributed by atoms with Crippen LogP contribution in [0.2, 0.25) is 0 Å². The van der Waals surface area contributed by atoms with Crippen LogP contribution in [0.4, 0.5) is 0 Å². The molecule has 2 nitrogen and oxygen atoms in total. The summed E-state index contributed by atoms with van der Waals surface area (Å²) >= 11 is 0. The Labute approximate surface area is 113 Å². The summed E-state index contributed by atoms with van der Waals surface area (Å²) in [6, 6.07) is 0. The molecule has 1 rings (SSSR count). The van der Waals surface area contributed by atoms with Gasteiger partial charge in [-0.2, -0.15) is 0 Å². The molecule has 0 atom stereocenters. The Balaban J connectivity index is 2.81. The van der Waals surface area contributed by atoms with E-state index in [0.717, 1.165) is 25.7 Å². The molecule has 0 unspecified atom stereocenters. The first-order valence-corrected chi connectivity index (χ1v) is 7.64. The van der Waals surface area contributed by atoms with Crippen LogP contribution in [-0.4, -0.2) is 17.0 Å². The molecular weight excluding hydrogens is 224 g/mol. The first-order chi connectivity index (χ1) is 8.24. The molecule has 1 aliphatic carbocycles. The third-order valence-electron chi connectivity index (χ3n) is 4.24. The molecule has 0 bridgehead atoms. The summed E-state index contributed by atoms with van der Waals surface area (Å²) in [7, 11) is 0. The van der Waals surface area contributed by atoms with E-state index in [-0.39, 0.29) is 17.0 Å². The smallest absolute Gasteiger partial charge is 0.169 e. The second-order valence-electron chi connectivity index (χ2n) is 6.90. The van der Waals surface area contributed by atoms with Crippen molar-refractivity contribution in [2.45, 2.75) is 103 Å². The maximum Gasteiger partial charge on any atom is 0.169 e. The molecule has 0 heterocycles. The number of hydrogen-bond acceptors (Lipinski definition) is 2. The molecule has 0 saturated heterocycles. The third-order valence-corrected chi connectivity index (χ3v) is 4.24. The highest BCUT2D eigenvalue weighted by Crippen LogP contribution is 2.40. The van der Waals surface area contributed by atoms with Gasteiger partial charge in [-0.25, -0.2) is 0 Å². The first kappa shape index (κ1) is 16.0. The van der Waals surface area contributed by atoms with Gasteiger partial charge in [0, 0.05) is 12.8 Å². The van der Waals surface area contributed by atoms with Crippen LogP contribution >= 0.6 is 0 Å². The Morgan fingerprint density at radius 2 is 1.17 bits per heavy atom. The molecule has 1 fully saturated rings. The molecule has 0 aliphatic heterocycles. The van der Waals surface area contributed by atoms with Gasteiger partial charge in [-0.1, -0.05) is 20.3 Å². The number of ether oxygens (including phenoxy) is 2. The largest absolute Gasteiger partial charge is 0.344 e. The Bertz CT molecular complexity index is 230. The summed E-state index contributed by atoms with van der Waals surface area (Å²) in [5.41, 5.74) is -0.192. The van der Waals surface area contributed by atoms with E-state index >= 15 is 0 Å². The highest BCUT2D eigenvalue weighted by molar-refractivity contribution is 4.83. The zero-order valence-corrected chi connectivity index (χ0v) is 13.3. The summed E-state index contributed by atoms with van der Waals surface area (Å²) in [5.74, 6) is -0.350. The summed E-state index contributed by atoms with van der Waals surface area (Å²) < 4.78 is 12.9. The molecule has 0 aromatic heterocycles. The van der Waals surface area contributed by atoms with Crippen LogP contribution in [0.5, 0.6) is 0 Å². The lowest BCUT2D eigenvalue weighted by atomic mass is 9.91. The molecule has 0 spiro atoms. The van der Waals surface area contributed by atoms with Gasteiger partial charge < -0.3 is 9.47 Å². The Kier molecular flexibility index (Phi) is 5.25. The van der Waals surface area contributed by atoms with Crippen LogP contribution in [0, 0.1) is 0 Å². The fraction of sp³-hybridized carbons (Fsp3) is 1.00. The van der Waals surface area contributed by atoms with Gasteiger partial charge in [0.1, 0.15) is 0 Å². The molecule has 1 aliphatic rings. The minimum atomic E-state index is -0.350. The van der Waals surface area contributed by atoms with E-state index in [4.69, 9.17) is 9.47 Å². The SMILES string of the molecule is CCC(C)(C)OC1(OC(C)(C)CC)CCCCC1. The molecule has 18 heavy (non-hydrogen) atoms. The van der Waals surface area contributed by atoms with Crippen LogP contribution in [0.3, 0.4) is 0 Å². The number of hydrogen-bond donors (Lipinski definition) is 0. The predicted molar refractivity (Wildman–Crippen MR) is 76.7 cm³/mol. The maximum atomic E-state index is 6.43. The zero-order chi connectivity index (χ0) is 13.9. The van der Waals surface area contributed by atoms with Crippen molar-refractivity contribution < 1.29 is 9.47 Å². The highest BCUT2D eigenvalue weighted by Gasteiger charge is 2.42. The molecule has 1 saturated carbocycles. The van der Waals surface area contributed by atoms with Gasteiger partial charge in [-0.05, 0) is 53.4 Å². The third kappa shape index (κ3) is 4.55. The van der Waals surface area contributed by atoms with Crippen LogP contribution in [-0.2, 0) is 9.47 Å². The first-order valence-electron chi connectivity index (χ1n) is 7.64. The van der Waals surface area contributed by atoms with Crippen molar-refractivity contribution in [1.82, 2.24) is 0 Å². The lowest BCUT2D eigenvalue weighted by Gasteiger charge is -2.46. The van der Waals surface area contributed by atoms with Crippen molar-refractivity contribution in [1.29, 1.82) is 0 Å². The summed E-state index contributed by atoms with van der Waals surface area (Å²) in [6.45, 7) is 13.1. The van der Waals surface area contributed by atoms with E-state index in [1.54, 1.807) is 0 Å². The minimum absolute atomic E-state index is 0.0961. The molecule has 0 amide bonds. The standard InChI is InChI=1S/C16H32O2/c1-7-14(3,4)17-16(12-10-9-11-13-16)18-15(5,6)8-2/h7-13H2,1-6H3. The maximum absolute atomic E-state index is 6.43. The molecular formula is C16H32O2. The summed E-state index contributed by atoms with van der Waals surface area (Å²) in [6.07, 6.45) is 7.88. The molecule has 0 N–H and O–H groups in total. The molecule has 0 aromatic carbocycles. The van der Waals surface area contributed by atoms with Gasteiger partial charge in [-0.15, -0.1) is 0 Å². The van der Waals surface area contributed by atoms with Crippen molar-refractivity contribution in [2.24, 2.45) is 0 Å². The minimum Gasteiger partial charge on any atom is -0.344 e. The van der Waals surface area contributed by atoms with Gasteiger partial charge in [-0.3, -0.25) is 0 Å². The Morgan fingerprint density at radius 3 is 1.50 bits per heavy atom. The zero-order valence-electron chi connectivity index (χ0n) is 13.3. The van der Waals surface area contributed by atoms with E-state index < -0.39 is 0 Å². The lowest BCUT2D eigenvalue weighted by molar-refractivity contribution is -0.328. The van der Waals surface area contributed by atoms with Crippen molar-refractivity contribution in [3.8, 4) is 0 Å². The second kappa shape index (κ2) is 5.92. The van der Waals surface area contributed by atoms with Crippen molar-refractivity contribution >= 4 is 0 Å². The molecule has 2 heteroatoms. The van der Waals surface area contributed by atoms with Crippen molar-refractivity contribution in [2.75, 3.05) is 0 Å². The second-order valence-corrected chi connectivity index (χ2v) is 6.90. The van der Waals surface area contributed by atoms with Crippen LogP contribution in [0.1, 0.15) is 86.5 Å². The Morgan fingerprint density at radius 1 is 0.778 bits per heavy atom. The molecule has 0 aromatic rings. The van der Waals surface area contributed by atoms with E-state index in [2.05, 4.69) is 41.5 Å². The summed E-state index contributed by atoms with van der Waals surface area (Å²) in [5, 5.41) is 0. The van der Waals surface area contributed by atoms with Gasteiger partial charge >= 0.3 is 0 Å². The van der Waals surface area contributed by atoms with E-state index in [1.165, 1.54) is 19.3 Å². The normalized spacial score (nSPS) is 21.0. The van der Waals surface area contributed by atoms with Gasteiger partial charge in [0.2, 0.25) is 0 Å². The van der Waals surface area contributed by atoms with Crippen molar-refractivity contribution in [3.63, 3.8) is 0 Å². The Hall–Kier alpha value is -0.0800. The average Bonchev–Trinajstić information content (AvgIpc) is 2.28. The number of rotatable bonds is 6. The highest BCUT2D eigenvalue weighted by atomic mass is 16.7. The van der Waals surface area contributed by atoms with Crippen LogP contribution in [0.25, 0.3) is 0 Å². The van der Waals surface area contributed by atoms with Gasteiger partial charge in [0.15, 0.2) is 5.79 Å². The fourth-order valence-corrected chi connectivity index (χ4v) is 2.47. The summed E-state index contributed by atoms with van der Waals surface area (Å²) in [4.78, 5) is 0. The molecule has 108 valence electrons. The average molecular weight is 256 g/mol. The monoisotopic (exact) mass is 256 g/mol. The van der Waals surface area contributed by atoms with Crippen molar-refractivity contribution in [3.05, 3.63) is 0 Å². The lowest BCUT2D eigenvalue weighted by Crippen LogP contribution is -2.49. The fourth-order valence-electron chi connectivity index (χ4n) is 2.47. The van der Waals surface area contributed by atoms with E-state index in [1.807, 2.05) is 0 Å². The van der Waals surface area contributed by atoms with Gasteiger partial charge in [0.25, 0.3) is 0 Å². The van der Waals surface area contributed by atoms with Crippen LogP contribution < -0.4 is 0 Å².